The summed E-state index contributed by atoms with van der Waals surface area (Å²) in [5.74, 6) is 1.29. The quantitative estimate of drug-likeness (QED) is 0.719. The molecule has 1 unspecified atom stereocenters. The van der Waals surface area contributed by atoms with Gasteiger partial charge in [-0.15, -0.1) is 24.2 Å². The summed E-state index contributed by atoms with van der Waals surface area (Å²) in [7, 11) is 0. The fourth-order valence-electron chi connectivity index (χ4n) is 3.08. The maximum atomic E-state index is 12.5. The predicted octanol–water partition coefficient (Wildman–Crippen LogP) is 3.43. The summed E-state index contributed by atoms with van der Waals surface area (Å²) in [6, 6.07) is 5.06. The highest BCUT2D eigenvalue weighted by molar-refractivity contribution is 7.99. The highest BCUT2D eigenvalue weighted by Gasteiger charge is 2.23. The lowest BCUT2D eigenvalue weighted by molar-refractivity contribution is -0.117. The summed E-state index contributed by atoms with van der Waals surface area (Å²) in [5, 5.41) is 9.44. The Morgan fingerprint density at radius 3 is 2.64 bits per heavy atom. The summed E-state index contributed by atoms with van der Waals surface area (Å²) < 4.78 is 0. The minimum absolute atomic E-state index is 0. The molecule has 1 saturated heterocycles. The van der Waals surface area contributed by atoms with E-state index in [1.54, 1.807) is 30.0 Å². The van der Waals surface area contributed by atoms with E-state index in [1.165, 1.54) is 6.42 Å². The van der Waals surface area contributed by atoms with Crippen LogP contribution in [0, 0.1) is 0 Å². The zero-order valence-corrected chi connectivity index (χ0v) is 16.2. The number of amides is 2. The molecule has 2 amide bonds. The number of thioether (sulfide) groups is 1. The number of hydrogen-bond acceptors (Lipinski definition) is 4. The first-order valence-electron chi connectivity index (χ1n) is 8.36. The van der Waals surface area contributed by atoms with Crippen molar-refractivity contribution in [2.75, 3.05) is 16.9 Å². The number of benzene rings is 1. The predicted molar refractivity (Wildman–Crippen MR) is 106 cm³/mol. The maximum absolute atomic E-state index is 12.5. The summed E-state index contributed by atoms with van der Waals surface area (Å²) in [6.45, 7) is 0. The third kappa shape index (κ3) is 5.51. The van der Waals surface area contributed by atoms with Crippen LogP contribution in [0.1, 0.15) is 42.5 Å². The van der Waals surface area contributed by atoms with Gasteiger partial charge in [0.1, 0.15) is 0 Å². The third-order valence-corrected chi connectivity index (χ3v) is 5.72. The summed E-state index contributed by atoms with van der Waals surface area (Å²) in [6.07, 6.45) is 5.58. The van der Waals surface area contributed by atoms with Gasteiger partial charge >= 0.3 is 0 Å². The lowest BCUT2D eigenvalue weighted by Crippen LogP contribution is -2.38. The van der Waals surface area contributed by atoms with E-state index in [-0.39, 0.29) is 36.3 Å². The number of anilines is 1. The van der Waals surface area contributed by atoms with Crippen molar-refractivity contribution in [3.8, 4) is 0 Å². The van der Waals surface area contributed by atoms with Crippen LogP contribution in [0.2, 0.25) is 5.02 Å². The Hall–Kier alpha value is -0.950. The van der Waals surface area contributed by atoms with Gasteiger partial charge in [0.15, 0.2) is 0 Å². The Labute approximate surface area is 163 Å². The first-order valence-corrected chi connectivity index (χ1v) is 9.89. The Balaban J connectivity index is 0.00000225. The Kier molecular flexibility index (Phi) is 7.87. The van der Waals surface area contributed by atoms with Crippen LogP contribution in [0.3, 0.4) is 0 Å². The highest BCUT2D eigenvalue weighted by atomic mass is 35.5. The maximum Gasteiger partial charge on any atom is 0.253 e. The van der Waals surface area contributed by atoms with Gasteiger partial charge in [-0.2, -0.15) is 0 Å². The van der Waals surface area contributed by atoms with Crippen LogP contribution in [0.4, 0.5) is 5.69 Å². The van der Waals surface area contributed by atoms with E-state index in [1.807, 2.05) is 0 Å². The zero-order valence-electron chi connectivity index (χ0n) is 13.8. The molecule has 0 spiro atoms. The molecule has 8 heteroatoms. The van der Waals surface area contributed by atoms with Gasteiger partial charge in [0.05, 0.1) is 16.6 Å². The van der Waals surface area contributed by atoms with Crippen molar-refractivity contribution in [3.05, 3.63) is 28.8 Å². The summed E-state index contributed by atoms with van der Waals surface area (Å²) in [5.41, 5.74) is 1.01. The first kappa shape index (κ1) is 20.4. The van der Waals surface area contributed by atoms with Crippen molar-refractivity contribution in [3.63, 3.8) is 0 Å². The van der Waals surface area contributed by atoms with Crippen molar-refractivity contribution in [1.29, 1.82) is 0 Å². The van der Waals surface area contributed by atoms with Crippen LogP contribution < -0.4 is 16.0 Å². The molecule has 1 aromatic rings. The van der Waals surface area contributed by atoms with E-state index >= 15 is 0 Å². The fourth-order valence-corrected chi connectivity index (χ4v) is 4.23. The van der Waals surface area contributed by atoms with Crippen molar-refractivity contribution >= 4 is 53.3 Å². The lowest BCUT2D eigenvalue weighted by Gasteiger charge is -2.23. The smallest absolute Gasteiger partial charge is 0.253 e. The van der Waals surface area contributed by atoms with Gasteiger partial charge in [-0.1, -0.05) is 30.9 Å². The van der Waals surface area contributed by atoms with Gasteiger partial charge in [-0.05, 0) is 31.0 Å². The molecule has 5 nitrogen and oxygen atoms in total. The second kappa shape index (κ2) is 9.67. The van der Waals surface area contributed by atoms with Gasteiger partial charge in [0.2, 0.25) is 5.91 Å². The molecule has 3 N–H and O–H groups in total. The average molecular weight is 404 g/mol. The van der Waals surface area contributed by atoms with E-state index in [0.717, 1.165) is 37.3 Å². The van der Waals surface area contributed by atoms with Crippen molar-refractivity contribution in [1.82, 2.24) is 10.6 Å². The number of halogens is 2. The molecule has 1 heterocycles. The minimum atomic E-state index is -0.190. The molecule has 1 atom stereocenters. The molecular formula is C17H23Cl2N3O2S. The van der Waals surface area contributed by atoms with Crippen LogP contribution in [0.15, 0.2) is 18.2 Å². The Bertz CT molecular complexity index is 618. The number of rotatable bonds is 4. The molecule has 1 aliphatic carbocycles. The fraction of sp³-hybridized carbons (Fsp3) is 0.529. The molecule has 138 valence electrons. The van der Waals surface area contributed by atoms with E-state index in [9.17, 15) is 9.59 Å². The molecule has 1 aliphatic heterocycles. The largest absolute Gasteiger partial charge is 0.349 e. The Morgan fingerprint density at radius 1 is 1.20 bits per heavy atom. The number of carbonyl (C=O) groups is 2. The van der Waals surface area contributed by atoms with Crippen LogP contribution in [-0.2, 0) is 4.79 Å². The molecule has 2 aliphatic rings. The Morgan fingerprint density at radius 2 is 1.96 bits per heavy atom. The highest BCUT2D eigenvalue weighted by Crippen LogP contribution is 2.23. The van der Waals surface area contributed by atoms with Crippen LogP contribution in [-0.4, -0.2) is 35.5 Å². The van der Waals surface area contributed by atoms with Crippen LogP contribution in [0.25, 0.3) is 0 Å². The normalized spacial score (nSPS) is 20.6. The monoisotopic (exact) mass is 403 g/mol. The summed E-state index contributed by atoms with van der Waals surface area (Å²) in [4.78, 5) is 24.7. The van der Waals surface area contributed by atoms with Crippen LogP contribution in [0.5, 0.6) is 0 Å². The number of hydrogen-bond donors (Lipinski definition) is 3. The van der Waals surface area contributed by atoms with Crippen molar-refractivity contribution in [2.45, 2.75) is 44.2 Å². The zero-order chi connectivity index (χ0) is 16.9. The average Bonchev–Trinajstić information content (AvgIpc) is 3.12. The minimum Gasteiger partial charge on any atom is -0.349 e. The van der Waals surface area contributed by atoms with Crippen LogP contribution >= 0.6 is 35.8 Å². The second-order valence-electron chi connectivity index (χ2n) is 6.26. The summed E-state index contributed by atoms with van der Waals surface area (Å²) >= 11 is 7.88. The molecular weight excluding hydrogens is 381 g/mol. The molecule has 0 bridgehead atoms. The molecule has 1 aromatic carbocycles. The van der Waals surface area contributed by atoms with E-state index in [2.05, 4.69) is 16.0 Å². The first-order chi connectivity index (χ1) is 11.6. The number of nitrogens with one attached hydrogen (secondary N) is 3. The van der Waals surface area contributed by atoms with E-state index < -0.39 is 0 Å². The molecule has 2 fully saturated rings. The third-order valence-electron chi connectivity index (χ3n) is 4.45. The molecule has 0 aromatic heterocycles. The van der Waals surface area contributed by atoms with E-state index in [0.29, 0.717) is 16.3 Å². The van der Waals surface area contributed by atoms with Crippen molar-refractivity contribution < 1.29 is 9.59 Å². The van der Waals surface area contributed by atoms with Gasteiger partial charge in [-0.25, -0.2) is 0 Å². The number of carbonyl (C=O) groups excluding carboxylic acids is 2. The molecule has 25 heavy (non-hydrogen) atoms. The lowest BCUT2D eigenvalue weighted by atomic mass is 9.95. The van der Waals surface area contributed by atoms with Crippen molar-refractivity contribution in [2.24, 2.45) is 0 Å². The van der Waals surface area contributed by atoms with E-state index in [4.69, 9.17) is 11.6 Å². The topological polar surface area (TPSA) is 70.2 Å². The van der Waals surface area contributed by atoms with Gasteiger partial charge in [-0.3, -0.25) is 14.9 Å². The van der Waals surface area contributed by atoms with Gasteiger partial charge < -0.3 is 10.6 Å². The molecule has 3 rings (SSSR count). The van der Waals surface area contributed by atoms with Gasteiger partial charge in [0.25, 0.3) is 5.91 Å². The SMILES string of the molecule is Cl.O=C(NC1CCCCC1)c1cc(NC(=O)C2CSCN2)ccc1Cl. The standard InChI is InChI=1S/C17H22ClN3O2S.ClH/c18-14-7-6-12(21-17(23)15-9-24-10-19-15)8-13(14)16(22)20-11-4-2-1-3-5-11;/h6-8,11,15,19H,1-5,9-10H2,(H,20,22)(H,21,23);1H. The second-order valence-corrected chi connectivity index (χ2v) is 7.70. The molecule has 0 radical (unpaired) electrons. The molecule has 1 saturated carbocycles. The van der Waals surface area contributed by atoms with Gasteiger partial charge in [0, 0.05) is 23.4 Å².